The number of rotatable bonds is 6. The molecule has 4 aromatic rings. The second-order valence-electron chi connectivity index (χ2n) is 7.30. The number of anilines is 2. The number of nitrogens with one attached hydrogen (secondary N) is 1. The lowest BCUT2D eigenvalue weighted by atomic mass is 10.1. The van der Waals surface area contributed by atoms with Crippen molar-refractivity contribution in [2.45, 2.75) is 20.8 Å². The second-order valence-corrected chi connectivity index (χ2v) is 7.30. The summed E-state index contributed by atoms with van der Waals surface area (Å²) in [6, 6.07) is 14.7. The van der Waals surface area contributed by atoms with Gasteiger partial charge < -0.3 is 19.6 Å². The van der Waals surface area contributed by atoms with E-state index in [1.54, 1.807) is 23.1 Å². The second kappa shape index (κ2) is 8.02. The lowest BCUT2D eigenvalue weighted by Crippen LogP contribution is -2.08. The molecule has 0 aliphatic carbocycles. The molecule has 0 fully saturated rings. The fraction of sp³-hybridized carbons (Fsp3) is 0.167. The van der Waals surface area contributed by atoms with Gasteiger partial charge in [0.2, 0.25) is 0 Å². The number of aryl methyl sites for hydroxylation is 3. The number of carboxylic acids is 1. The minimum Gasteiger partial charge on any atom is -0.497 e. The van der Waals surface area contributed by atoms with E-state index in [-0.39, 0.29) is 5.56 Å². The first-order valence-electron chi connectivity index (χ1n) is 9.78. The number of nitrogens with zero attached hydrogens (tertiary/aromatic N) is 2. The average molecular weight is 417 g/mol. The molecular weight excluding hydrogens is 394 g/mol. The van der Waals surface area contributed by atoms with E-state index in [0.29, 0.717) is 17.3 Å². The van der Waals surface area contributed by atoms with Crippen LogP contribution in [0, 0.1) is 20.8 Å². The molecule has 0 aliphatic heterocycles. The van der Waals surface area contributed by atoms with Crippen LogP contribution in [0.2, 0.25) is 0 Å². The minimum absolute atomic E-state index is 0.101. The van der Waals surface area contributed by atoms with E-state index in [4.69, 9.17) is 14.3 Å². The molecule has 0 amide bonds. The van der Waals surface area contributed by atoms with Gasteiger partial charge in [0, 0.05) is 5.56 Å². The maximum atomic E-state index is 11.9. The molecule has 0 bridgehead atoms. The maximum absolute atomic E-state index is 11.9. The number of methoxy groups -OCH3 is 1. The SMILES string of the molecule is COc1ccc(Nc2c(-c3coc(C)c3)c(C)nn2-c2ccccc2C)c(C(=O)O)c1. The molecule has 0 atom stereocenters. The smallest absolute Gasteiger partial charge is 0.337 e. The van der Waals surface area contributed by atoms with E-state index in [2.05, 4.69) is 5.32 Å². The van der Waals surface area contributed by atoms with Gasteiger partial charge in [0.1, 0.15) is 17.3 Å². The van der Waals surface area contributed by atoms with Crippen LogP contribution in [0.4, 0.5) is 11.5 Å². The molecule has 2 aromatic heterocycles. The minimum atomic E-state index is -1.05. The van der Waals surface area contributed by atoms with E-state index in [9.17, 15) is 9.90 Å². The predicted octanol–water partition coefficient (Wildman–Crippen LogP) is 5.51. The highest BCUT2D eigenvalue weighted by atomic mass is 16.5. The van der Waals surface area contributed by atoms with Crippen molar-refractivity contribution in [2.24, 2.45) is 0 Å². The highest BCUT2D eigenvalue weighted by molar-refractivity contribution is 5.96. The monoisotopic (exact) mass is 417 g/mol. The van der Waals surface area contributed by atoms with E-state index < -0.39 is 5.97 Å². The Bertz CT molecular complexity index is 1270. The number of aromatic carboxylic acids is 1. The lowest BCUT2D eigenvalue weighted by molar-refractivity contribution is 0.0697. The van der Waals surface area contributed by atoms with E-state index >= 15 is 0 Å². The largest absolute Gasteiger partial charge is 0.497 e. The summed E-state index contributed by atoms with van der Waals surface area (Å²) in [4.78, 5) is 11.9. The van der Waals surface area contributed by atoms with Gasteiger partial charge in [-0.15, -0.1) is 0 Å². The van der Waals surface area contributed by atoms with Crippen molar-refractivity contribution in [1.82, 2.24) is 9.78 Å². The number of para-hydroxylation sites is 1. The summed E-state index contributed by atoms with van der Waals surface area (Å²) < 4.78 is 12.5. The Balaban J connectivity index is 1.94. The fourth-order valence-corrected chi connectivity index (χ4v) is 3.60. The van der Waals surface area contributed by atoms with Crippen LogP contribution in [0.25, 0.3) is 16.8 Å². The molecule has 2 heterocycles. The van der Waals surface area contributed by atoms with Gasteiger partial charge in [0.15, 0.2) is 0 Å². The van der Waals surface area contributed by atoms with Crippen molar-refractivity contribution in [1.29, 1.82) is 0 Å². The highest BCUT2D eigenvalue weighted by Crippen LogP contribution is 2.37. The Morgan fingerprint density at radius 1 is 1.13 bits per heavy atom. The summed E-state index contributed by atoms with van der Waals surface area (Å²) in [5.74, 6) is 0.845. The van der Waals surface area contributed by atoms with E-state index in [1.807, 2.05) is 51.1 Å². The maximum Gasteiger partial charge on any atom is 0.337 e. The summed E-state index contributed by atoms with van der Waals surface area (Å²) in [5.41, 5.74) is 4.96. The van der Waals surface area contributed by atoms with E-state index in [0.717, 1.165) is 33.8 Å². The Morgan fingerprint density at radius 3 is 2.55 bits per heavy atom. The molecule has 158 valence electrons. The number of furan rings is 1. The molecule has 4 rings (SSSR count). The predicted molar refractivity (Wildman–Crippen MR) is 119 cm³/mol. The number of hydrogen-bond donors (Lipinski definition) is 2. The van der Waals surface area contributed by atoms with Gasteiger partial charge in [-0.3, -0.25) is 0 Å². The fourth-order valence-electron chi connectivity index (χ4n) is 3.60. The van der Waals surface area contributed by atoms with Crippen molar-refractivity contribution in [3.05, 3.63) is 77.4 Å². The standard InChI is InChI=1S/C24H23N3O4/c1-14-7-5-6-8-21(14)27-23(22(16(3)26-27)17-11-15(2)31-13-17)25-20-10-9-18(30-4)12-19(20)24(28)29/h5-13,25H,1-4H3,(H,28,29). The zero-order valence-corrected chi connectivity index (χ0v) is 17.8. The first-order valence-corrected chi connectivity index (χ1v) is 9.78. The van der Waals surface area contributed by atoms with Crippen molar-refractivity contribution >= 4 is 17.5 Å². The van der Waals surface area contributed by atoms with Gasteiger partial charge in [0.05, 0.1) is 41.6 Å². The summed E-state index contributed by atoms with van der Waals surface area (Å²) in [7, 11) is 1.50. The van der Waals surface area contributed by atoms with Crippen molar-refractivity contribution in [2.75, 3.05) is 12.4 Å². The molecule has 7 heteroatoms. The van der Waals surface area contributed by atoms with Crippen LogP contribution < -0.4 is 10.1 Å². The Hall–Kier alpha value is -4.00. The molecule has 31 heavy (non-hydrogen) atoms. The molecule has 0 radical (unpaired) electrons. The summed E-state index contributed by atoms with van der Waals surface area (Å²) in [6.45, 7) is 5.81. The molecule has 0 saturated carbocycles. The van der Waals surface area contributed by atoms with Gasteiger partial charge in [-0.2, -0.15) is 5.10 Å². The molecular formula is C24H23N3O4. The zero-order chi connectivity index (χ0) is 22.1. The van der Waals surface area contributed by atoms with Gasteiger partial charge >= 0.3 is 5.97 Å². The average Bonchev–Trinajstić information content (AvgIpc) is 3.31. The van der Waals surface area contributed by atoms with Crippen molar-refractivity contribution < 1.29 is 19.1 Å². The molecule has 0 spiro atoms. The van der Waals surface area contributed by atoms with E-state index in [1.165, 1.54) is 13.2 Å². The van der Waals surface area contributed by atoms with Crippen LogP contribution in [0.3, 0.4) is 0 Å². The molecule has 2 N–H and O–H groups in total. The first-order chi connectivity index (χ1) is 14.9. The van der Waals surface area contributed by atoms with Gasteiger partial charge in [-0.05, 0) is 56.7 Å². The van der Waals surface area contributed by atoms with Gasteiger partial charge in [0.25, 0.3) is 0 Å². The van der Waals surface area contributed by atoms with Crippen LogP contribution >= 0.6 is 0 Å². The van der Waals surface area contributed by atoms with Crippen LogP contribution in [0.5, 0.6) is 5.75 Å². The first kappa shape index (κ1) is 20.3. The number of hydrogen-bond acceptors (Lipinski definition) is 5. The normalized spacial score (nSPS) is 10.8. The summed E-state index contributed by atoms with van der Waals surface area (Å²) in [6.07, 6.45) is 1.68. The van der Waals surface area contributed by atoms with Gasteiger partial charge in [-0.25, -0.2) is 9.48 Å². The lowest BCUT2D eigenvalue weighted by Gasteiger charge is -2.15. The molecule has 0 saturated heterocycles. The molecule has 7 nitrogen and oxygen atoms in total. The zero-order valence-electron chi connectivity index (χ0n) is 17.8. The van der Waals surface area contributed by atoms with Crippen LogP contribution in [-0.4, -0.2) is 28.0 Å². The van der Waals surface area contributed by atoms with Crippen molar-refractivity contribution in [3.8, 4) is 22.6 Å². The third-order valence-corrected chi connectivity index (χ3v) is 5.13. The summed E-state index contributed by atoms with van der Waals surface area (Å²) >= 11 is 0. The third kappa shape index (κ3) is 3.77. The van der Waals surface area contributed by atoms with Gasteiger partial charge in [-0.1, -0.05) is 18.2 Å². The molecule has 0 unspecified atom stereocenters. The summed E-state index contributed by atoms with van der Waals surface area (Å²) in [5, 5.41) is 17.8. The number of benzene rings is 2. The van der Waals surface area contributed by atoms with Crippen LogP contribution in [0.15, 0.2) is 59.2 Å². The number of aromatic nitrogens is 2. The van der Waals surface area contributed by atoms with Crippen molar-refractivity contribution in [3.63, 3.8) is 0 Å². The Labute approximate surface area is 179 Å². The number of carboxylic acid groups (broad SMARTS) is 1. The van der Waals surface area contributed by atoms with Crippen LogP contribution in [0.1, 0.15) is 27.4 Å². The number of ether oxygens (including phenoxy) is 1. The third-order valence-electron chi connectivity index (χ3n) is 5.13. The Morgan fingerprint density at radius 2 is 1.90 bits per heavy atom. The highest BCUT2D eigenvalue weighted by Gasteiger charge is 2.22. The topological polar surface area (TPSA) is 89.5 Å². The molecule has 0 aliphatic rings. The van der Waals surface area contributed by atoms with Crippen LogP contribution in [-0.2, 0) is 0 Å². The number of carbonyl (C=O) groups is 1. The molecule has 2 aromatic carbocycles. The Kier molecular flexibility index (Phi) is 5.25. The quantitative estimate of drug-likeness (QED) is 0.430.